The van der Waals surface area contributed by atoms with Gasteiger partial charge in [-0.25, -0.2) is 0 Å². The smallest absolute Gasteiger partial charge is 0.293 e. The van der Waals surface area contributed by atoms with E-state index in [0.717, 1.165) is 13.1 Å². The molecular formula is C8H21NO3. The maximum atomic E-state index is 9.52. The van der Waals surface area contributed by atoms with Gasteiger partial charge >= 0.3 is 0 Å². The third-order valence-corrected chi connectivity index (χ3v) is 0.715. The van der Waals surface area contributed by atoms with E-state index in [0.29, 0.717) is 13.1 Å². The Bertz CT molecular complexity index is 69.3. The standard InChI is InChI=1S/C5H11NO2.C2H6O.CH4/c1-2-6-3-4-8-5-7;1-2-3;/h5-6H,2-4H2,1H3;3H,2H2,1H3;1H4. The van der Waals surface area contributed by atoms with Crippen LogP contribution < -0.4 is 5.32 Å². The van der Waals surface area contributed by atoms with Crippen molar-refractivity contribution >= 4 is 6.47 Å². The number of nitrogens with one attached hydrogen (secondary N) is 1. The second-order valence-electron chi connectivity index (χ2n) is 1.64. The number of rotatable bonds is 5. The summed E-state index contributed by atoms with van der Waals surface area (Å²) in [6, 6.07) is 0. The predicted octanol–water partition coefficient (Wildman–Crippen LogP) is 0.404. The van der Waals surface area contributed by atoms with Crippen LogP contribution in [0, 0.1) is 0 Å². The number of ether oxygens (including phenoxy) is 1. The van der Waals surface area contributed by atoms with Crippen LogP contribution in [0.1, 0.15) is 21.3 Å². The minimum absolute atomic E-state index is 0. The van der Waals surface area contributed by atoms with Crippen molar-refractivity contribution in [1.29, 1.82) is 0 Å². The van der Waals surface area contributed by atoms with E-state index < -0.39 is 0 Å². The molecule has 0 fully saturated rings. The van der Waals surface area contributed by atoms with E-state index >= 15 is 0 Å². The van der Waals surface area contributed by atoms with Gasteiger partial charge in [-0.15, -0.1) is 0 Å². The van der Waals surface area contributed by atoms with Crippen LogP contribution in [-0.2, 0) is 9.53 Å². The summed E-state index contributed by atoms with van der Waals surface area (Å²) in [5, 5.41) is 10.6. The van der Waals surface area contributed by atoms with Crippen LogP contribution in [-0.4, -0.2) is 37.9 Å². The number of carbonyl (C=O) groups excluding carboxylic acids is 1. The van der Waals surface area contributed by atoms with Crippen molar-refractivity contribution < 1.29 is 14.6 Å². The molecule has 0 aromatic carbocycles. The van der Waals surface area contributed by atoms with Crippen molar-refractivity contribution in [2.45, 2.75) is 21.3 Å². The first-order valence-electron chi connectivity index (χ1n) is 3.70. The molecule has 0 atom stereocenters. The lowest BCUT2D eigenvalue weighted by Gasteiger charge is -1.96. The molecule has 0 saturated heterocycles. The molecule has 2 N–H and O–H groups in total. The van der Waals surface area contributed by atoms with Crippen molar-refractivity contribution in [3.8, 4) is 0 Å². The largest absolute Gasteiger partial charge is 0.467 e. The van der Waals surface area contributed by atoms with Gasteiger partial charge in [-0.2, -0.15) is 0 Å². The summed E-state index contributed by atoms with van der Waals surface area (Å²) < 4.78 is 4.39. The lowest BCUT2D eigenvalue weighted by molar-refractivity contribution is -0.128. The summed E-state index contributed by atoms with van der Waals surface area (Å²) in [5.74, 6) is 0. The molecule has 0 spiro atoms. The molecule has 12 heavy (non-hydrogen) atoms. The molecule has 76 valence electrons. The van der Waals surface area contributed by atoms with E-state index in [9.17, 15) is 4.79 Å². The summed E-state index contributed by atoms with van der Waals surface area (Å²) in [4.78, 5) is 9.52. The Morgan fingerprint density at radius 3 is 2.33 bits per heavy atom. The topological polar surface area (TPSA) is 58.6 Å². The fraction of sp³-hybridized carbons (Fsp3) is 0.875. The van der Waals surface area contributed by atoms with Crippen LogP contribution in [0.15, 0.2) is 0 Å². The zero-order valence-electron chi connectivity index (χ0n) is 7.17. The Morgan fingerprint density at radius 2 is 2.00 bits per heavy atom. The Morgan fingerprint density at radius 1 is 1.50 bits per heavy atom. The maximum absolute atomic E-state index is 9.52. The molecule has 0 rings (SSSR count). The van der Waals surface area contributed by atoms with E-state index in [1.54, 1.807) is 6.92 Å². The number of hydrogen-bond acceptors (Lipinski definition) is 4. The van der Waals surface area contributed by atoms with Gasteiger partial charge in [-0.3, -0.25) is 4.79 Å². The van der Waals surface area contributed by atoms with Gasteiger partial charge in [-0.1, -0.05) is 14.4 Å². The van der Waals surface area contributed by atoms with E-state index in [-0.39, 0.29) is 14.0 Å². The van der Waals surface area contributed by atoms with Crippen molar-refractivity contribution in [3.63, 3.8) is 0 Å². The van der Waals surface area contributed by atoms with Gasteiger partial charge < -0.3 is 15.2 Å². The summed E-state index contributed by atoms with van der Waals surface area (Å²) in [5.41, 5.74) is 0. The maximum Gasteiger partial charge on any atom is 0.293 e. The molecule has 0 heterocycles. The van der Waals surface area contributed by atoms with Crippen molar-refractivity contribution in [1.82, 2.24) is 5.32 Å². The molecule has 0 amide bonds. The molecule has 0 radical (unpaired) electrons. The first kappa shape index (κ1) is 17.5. The zero-order valence-corrected chi connectivity index (χ0v) is 7.17. The lowest BCUT2D eigenvalue weighted by atomic mass is 10.6. The zero-order chi connectivity index (χ0) is 8.95. The number of carbonyl (C=O) groups is 1. The SMILES string of the molecule is C.CCNCCOC=O.CCO. The molecule has 0 aliphatic rings. The normalized spacial score (nSPS) is 7.25. The minimum atomic E-state index is 0. The molecule has 0 aliphatic heterocycles. The van der Waals surface area contributed by atoms with Crippen LogP contribution in [0.3, 0.4) is 0 Å². The Hall–Kier alpha value is -0.610. The molecular weight excluding hydrogens is 158 g/mol. The van der Waals surface area contributed by atoms with E-state index in [2.05, 4.69) is 10.1 Å². The average Bonchev–Trinajstić information content (AvgIpc) is 2.00. The van der Waals surface area contributed by atoms with Gasteiger partial charge in [0.1, 0.15) is 6.61 Å². The highest BCUT2D eigenvalue weighted by molar-refractivity contribution is 5.36. The summed E-state index contributed by atoms with van der Waals surface area (Å²) in [6.07, 6.45) is 0. The van der Waals surface area contributed by atoms with Gasteiger partial charge in [0.05, 0.1) is 0 Å². The molecule has 0 aromatic heterocycles. The summed E-state index contributed by atoms with van der Waals surface area (Å²) >= 11 is 0. The quantitative estimate of drug-likeness (QED) is 0.474. The molecule has 0 aliphatic carbocycles. The number of aliphatic hydroxyl groups excluding tert-OH is 1. The predicted molar refractivity (Wildman–Crippen MR) is 50.1 cm³/mol. The van der Waals surface area contributed by atoms with Crippen LogP contribution in [0.2, 0.25) is 0 Å². The van der Waals surface area contributed by atoms with Crippen molar-refractivity contribution in [2.75, 3.05) is 26.3 Å². The molecule has 0 saturated carbocycles. The number of likely N-dealkylation sites (N-methyl/N-ethyl adjacent to an activating group) is 1. The second kappa shape index (κ2) is 22.4. The van der Waals surface area contributed by atoms with Crippen LogP contribution in [0.4, 0.5) is 0 Å². The van der Waals surface area contributed by atoms with E-state index in [1.807, 2.05) is 6.92 Å². The van der Waals surface area contributed by atoms with Gasteiger partial charge in [-0.05, 0) is 13.5 Å². The third-order valence-electron chi connectivity index (χ3n) is 0.715. The fourth-order valence-corrected chi connectivity index (χ4v) is 0.356. The Labute approximate surface area is 74.9 Å². The van der Waals surface area contributed by atoms with Gasteiger partial charge in [0.25, 0.3) is 6.47 Å². The van der Waals surface area contributed by atoms with E-state index in [4.69, 9.17) is 5.11 Å². The molecule has 4 heteroatoms. The fourth-order valence-electron chi connectivity index (χ4n) is 0.356. The van der Waals surface area contributed by atoms with Crippen LogP contribution in [0.5, 0.6) is 0 Å². The van der Waals surface area contributed by atoms with Gasteiger partial charge in [0, 0.05) is 13.2 Å². The van der Waals surface area contributed by atoms with Gasteiger partial charge in [0.15, 0.2) is 0 Å². The second-order valence-corrected chi connectivity index (χ2v) is 1.64. The highest BCUT2D eigenvalue weighted by atomic mass is 16.5. The monoisotopic (exact) mass is 179 g/mol. The molecule has 0 bridgehead atoms. The Kier molecular flexibility index (Phi) is 32.7. The Balaban J connectivity index is -0.000000177. The van der Waals surface area contributed by atoms with Crippen LogP contribution >= 0.6 is 0 Å². The average molecular weight is 179 g/mol. The lowest BCUT2D eigenvalue weighted by Crippen LogP contribution is -2.18. The van der Waals surface area contributed by atoms with Crippen molar-refractivity contribution in [3.05, 3.63) is 0 Å². The molecule has 0 unspecified atom stereocenters. The van der Waals surface area contributed by atoms with E-state index in [1.165, 1.54) is 0 Å². The highest BCUT2D eigenvalue weighted by Crippen LogP contribution is 1.62. The van der Waals surface area contributed by atoms with Gasteiger partial charge in [0.2, 0.25) is 0 Å². The van der Waals surface area contributed by atoms with Crippen LogP contribution in [0.25, 0.3) is 0 Å². The summed E-state index contributed by atoms with van der Waals surface area (Å²) in [7, 11) is 0. The van der Waals surface area contributed by atoms with Crippen molar-refractivity contribution in [2.24, 2.45) is 0 Å². The highest BCUT2D eigenvalue weighted by Gasteiger charge is 1.79. The minimum Gasteiger partial charge on any atom is -0.467 e. The third kappa shape index (κ3) is 34.3. The first-order valence-corrected chi connectivity index (χ1v) is 3.70. The number of aliphatic hydroxyl groups is 1. The molecule has 0 aromatic rings. The first-order chi connectivity index (χ1) is 5.33. The summed E-state index contributed by atoms with van der Waals surface area (Å²) in [6.45, 7) is 6.52. The number of hydrogen-bond donors (Lipinski definition) is 2. The molecule has 4 nitrogen and oxygen atoms in total.